The molecule has 3 aromatic rings. The Labute approximate surface area is 141 Å². The second-order valence-electron chi connectivity index (χ2n) is 5.82. The van der Waals surface area contributed by atoms with Crippen LogP contribution in [0.2, 0.25) is 0 Å². The number of hydrogen-bond acceptors (Lipinski definition) is 7. The maximum Gasteiger partial charge on any atom is 0.329 e. The van der Waals surface area contributed by atoms with Crippen molar-refractivity contribution in [2.75, 3.05) is 6.61 Å². The molecule has 0 radical (unpaired) electrons. The van der Waals surface area contributed by atoms with Gasteiger partial charge < -0.3 is 25.0 Å². The molecule has 2 aromatic heterocycles. The van der Waals surface area contributed by atoms with Crippen LogP contribution in [0.3, 0.4) is 0 Å². The lowest BCUT2D eigenvalue weighted by Gasteiger charge is -2.15. The van der Waals surface area contributed by atoms with Gasteiger partial charge in [-0.3, -0.25) is 0 Å². The van der Waals surface area contributed by atoms with Gasteiger partial charge in [-0.05, 0) is 0 Å². The quantitative estimate of drug-likeness (QED) is 0.498. The Hall–Kier alpha value is -2.59. The predicted molar refractivity (Wildman–Crippen MR) is 86.6 cm³/mol. The molecule has 0 unspecified atom stereocenters. The maximum atomic E-state index is 12.5. The summed E-state index contributed by atoms with van der Waals surface area (Å²) >= 11 is 0. The normalized spacial score (nSPS) is 26.4. The van der Waals surface area contributed by atoms with Crippen molar-refractivity contribution < 1.29 is 20.1 Å². The van der Waals surface area contributed by atoms with Gasteiger partial charge in [0.05, 0.1) is 12.3 Å². The topological polar surface area (TPSA) is 133 Å². The Balaban J connectivity index is 1.87. The van der Waals surface area contributed by atoms with Crippen LogP contribution in [0.25, 0.3) is 22.4 Å². The molecule has 3 heterocycles. The highest BCUT2D eigenvalue weighted by Gasteiger charge is 2.44. The summed E-state index contributed by atoms with van der Waals surface area (Å²) in [5.41, 5.74) is 1.42. The van der Waals surface area contributed by atoms with Crippen LogP contribution in [0, 0.1) is 0 Å². The summed E-state index contributed by atoms with van der Waals surface area (Å²) < 4.78 is 6.58. The van der Waals surface area contributed by atoms with Gasteiger partial charge in [0, 0.05) is 5.56 Å². The molecule has 4 rings (SSSR count). The van der Waals surface area contributed by atoms with Crippen molar-refractivity contribution in [3.8, 4) is 11.3 Å². The van der Waals surface area contributed by atoms with Crippen LogP contribution in [-0.2, 0) is 4.74 Å². The molecule has 1 fully saturated rings. The molecule has 9 heteroatoms. The SMILES string of the molecule is O=c1[nH]c2c(-c3ccccc3)ncnc2n1[C@@H]1O[C@H](CO)[C@@H](O)[C@H]1O. The van der Waals surface area contributed by atoms with Crippen molar-refractivity contribution in [2.45, 2.75) is 24.5 Å². The van der Waals surface area contributed by atoms with Crippen molar-refractivity contribution in [1.82, 2.24) is 19.5 Å². The van der Waals surface area contributed by atoms with Gasteiger partial charge in [-0.15, -0.1) is 0 Å². The highest BCUT2D eigenvalue weighted by molar-refractivity contribution is 5.87. The number of rotatable bonds is 3. The molecule has 1 aromatic carbocycles. The molecule has 25 heavy (non-hydrogen) atoms. The smallest absolute Gasteiger partial charge is 0.329 e. The van der Waals surface area contributed by atoms with E-state index in [1.165, 1.54) is 6.33 Å². The monoisotopic (exact) mass is 344 g/mol. The first-order valence-electron chi connectivity index (χ1n) is 7.75. The van der Waals surface area contributed by atoms with E-state index < -0.39 is 36.8 Å². The van der Waals surface area contributed by atoms with Crippen molar-refractivity contribution in [3.05, 3.63) is 47.1 Å². The average molecular weight is 344 g/mol. The van der Waals surface area contributed by atoms with Gasteiger partial charge >= 0.3 is 5.69 Å². The lowest BCUT2D eigenvalue weighted by molar-refractivity contribution is -0.0524. The molecular formula is C16H16N4O5. The summed E-state index contributed by atoms with van der Waals surface area (Å²) in [7, 11) is 0. The molecule has 1 saturated heterocycles. The van der Waals surface area contributed by atoms with Crippen molar-refractivity contribution in [3.63, 3.8) is 0 Å². The number of fused-ring (bicyclic) bond motifs is 1. The molecule has 0 bridgehead atoms. The molecular weight excluding hydrogens is 328 g/mol. The van der Waals surface area contributed by atoms with Gasteiger partial charge in [0.2, 0.25) is 0 Å². The Bertz CT molecular complexity index is 954. The molecule has 9 nitrogen and oxygen atoms in total. The Morgan fingerprint density at radius 3 is 2.60 bits per heavy atom. The second kappa shape index (κ2) is 6.05. The summed E-state index contributed by atoms with van der Waals surface area (Å²) in [6, 6.07) is 9.28. The van der Waals surface area contributed by atoms with E-state index >= 15 is 0 Å². The number of ether oxygens (including phenoxy) is 1. The predicted octanol–water partition coefficient (Wildman–Crippen LogP) is -0.602. The lowest BCUT2D eigenvalue weighted by atomic mass is 10.1. The molecule has 0 spiro atoms. The molecule has 0 saturated carbocycles. The number of aromatic nitrogens is 4. The number of nitrogens with one attached hydrogen (secondary N) is 1. The summed E-state index contributed by atoms with van der Waals surface area (Å²) in [6.07, 6.45) is -3.50. The standard InChI is InChI=1S/C16H16N4O5/c21-6-9-12(22)13(23)15(25-9)20-14-11(19-16(20)24)10(17-7-18-14)8-4-2-1-3-5-8/h1-5,7,9,12-13,15,21-23H,6H2,(H,19,24)/t9-,12-,13-,15-/m1/s1. The molecule has 1 aliphatic heterocycles. The third kappa shape index (κ3) is 2.45. The van der Waals surface area contributed by atoms with Crippen molar-refractivity contribution >= 4 is 11.2 Å². The number of hydrogen-bond donors (Lipinski definition) is 4. The molecule has 1 aliphatic rings. The maximum absolute atomic E-state index is 12.5. The minimum atomic E-state index is -1.37. The number of imidazole rings is 1. The van der Waals surface area contributed by atoms with Crippen LogP contribution in [0.1, 0.15) is 6.23 Å². The van der Waals surface area contributed by atoms with Crippen LogP contribution in [-0.4, -0.2) is 59.8 Å². The van der Waals surface area contributed by atoms with Crippen molar-refractivity contribution in [1.29, 1.82) is 0 Å². The van der Waals surface area contributed by atoms with E-state index in [1.54, 1.807) is 0 Å². The van der Waals surface area contributed by atoms with E-state index in [1.807, 2.05) is 30.3 Å². The fourth-order valence-electron chi connectivity index (χ4n) is 3.08. The lowest BCUT2D eigenvalue weighted by Crippen LogP contribution is -2.34. The summed E-state index contributed by atoms with van der Waals surface area (Å²) in [5.74, 6) is 0. The highest BCUT2D eigenvalue weighted by Crippen LogP contribution is 2.31. The number of aromatic amines is 1. The number of nitrogens with zero attached hydrogens (tertiary/aromatic N) is 3. The van der Waals surface area contributed by atoms with E-state index in [4.69, 9.17) is 4.74 Å². The largest absolute Gasteiger partial charge is 0.394 e. The third-order valence-corrected chi connectivity index (χ3v) is 4.33. The van der Waals surface area contributed by atoms with Gasteiger partial charge in [-0.25, -0.2) is 19.3 Å². The zero-order valence-corrected chi connectivity index (χ0v) is 13.0. The average Bonchev–Trinajstić information content (AvgIpc) is 3.11. The molecule has 0 aliphatic carbocycles. The van der Waals surface area contributed by atoms with E-state index in [-0.39, 0.29) is 5.65 Å². The number of benzene rings is 1. The van der Waals surface area contributed by atoms with Crippen LogP contribution >= 0.6 is 0 Å². The number of aliphatic hydroxyl groups excluding tert-OH is 3. The zero-order chi connectivity index (χ0) is 17.6. The van der Waals surface area contributed by atoms with E-state index in [0.717, 1.165) is 10.1 Å². The van der Waals surface area contributed by atoms with Crippen LogP contribution in [0.15, 0.2) is 41.5 Å². The number of H-pyrrole nitrogens is 1. The molecule has 130 valence electrons. The second-order valence-corrected chi connectivity index (χ2v) is 5.82. The van der Waals surface area contributed by atoms with Gasteiger partial charge in [0.1, 0.15) is 30.2 Å². The van der Waals surface area contributed by atoms with Gasteiger partial charge in [0.25, 0.3) is 0 Å². The van der Waals surface area contributed by atoms with Gasteiger partial charge in [0.15, 0.2) is 11.9 Å². The van der Waals surface area contributed by atoms with E-state index in [2.05, 4.69) is 15.0 Å². The summed E-state index contributed by atoms with van der Waals surface area (Å²) in [5, 5.41) is 29.4. The molecule has 4 N–H and O–H groups in total. The zero-order valence-electron chi connectivity index (χ0n) is 13.0. The van der Waals surface area contributed by atoms with E-state index in [9.17, 15) is 20.1 Å². The fourth-order valence-corrected chi connectivity index (χ4v) is 3.08. The minimum absolute atomic E-state index is 0.244. The molecule has 4 atom stereocenters. The summed E-state index contributed by atoms with van der Waals surface area (Å²) in [4.78, 5) is 23.5. The van der Waals surface area contributed by atoms with Gasteiger partial charge in [-0.2, -0.15) is 0 Å². The third-order valence-electron chi connectivity index (χ3n) is 4.33. The first-order valence-corrected chi connectivity index (χ1v) is 7.75. The number of aliphatic hydroxyl groups is 3. The first-order chi connectivity index (χ1) is 12.1. The summed E-state index contributed by atoms with van der Waals surface area (Å²) in [6.45, 7) is -0.476. The highest BCUT2D eigenvalue weighted by atomic mass is 16.6. The molecule has 0 amide bonds. The van der Waals surface area contributed by atoms with Crippen molar-refractivity contribution in [2.24, 2.45) is 0 Å². The van der Waals surface area contributed by atoms with E-state index in [0.29, 0.717) is 11.2 Å². The van der Waals surface area contributed by atoms with Crippen LogP contribution in [0.5, 0.6) is 0 Å². The van der Waals surface area contributed by atoms with Crippen LogP contribution in [0.4, 0.5) is 0 Å². The Kier molecular flexibility index (Phi) is 3.85. The Morgan fingerprint density at radius 1 is 1.16 bits per heavy atom. The van der Waals surface area contributed by atoms with Gasteiger partial charge in [-0.1, -0.05) is 30.3 Å². The fraction of sp³-hybridized carbons (Fsp3) is 0.312. The first kappa shape index (κ1) is 15.9. The Morgan fingerprint density at radius 2 is 1.92 bits per heavy atom. The van der Waals surface area contributed by atoms with Crippen LogP contribution < -0.4 is 5.69 Å². The minimum Gasteiger partial charge on any atom is -0.394 e.